The van der Waals surface area contributed by atoms with Crippen molar-refractivity contribution in [2.24, 2.45) is 0 Å². The van der Waals surface area contributed by atoms with Crippen LogP contribution in [0.1, 0.15) is 20.8 Å². The zero-order chi connectivity index (χ0) is 23.7. The lowest BCUT2D eigenvalue weighted by molar-refractivity contribution is 0.101. The third kappa shape index (κ3) is 4.32. The van der Waals surface area contributed by atoms with Gasteiger partial charge in [-0.1, -0.05) is 35.3 Å². The number of carbonyl (C=O) groups is 2. The molecule has 10 nitrogen and oxygen atoms in total. The lowest BCUT2D eigenvalue weighted by Gasteiger charge is -2.09. The van der Waals surface area contributed by atoms with Gasteiger partial charge in [0.05, 0.1) is 22.5 Å². The Morgan fingerprint density at radius 3 is 2.53 bits per heavy atom. The highest BCUT2D eigenvalue weighted by molar-refractivity contribution is 6.31. The molecular weight excluding hydrogens is 479 g/mol. The molecule has 0 radical (unpaired) electrons. The zero-order valence-electron chi connectivity index (χ0n) is 17.1. The van der Waals surface area contributed by atoms with Crippen molar-refractivity contribution in [3.8, 4) is 11.4 Å². The van der Waals surface area contributed by atoms with Crippen LogP contribution < -0.4 is 10.6 Å². The van der Waals surface area contributed by atoms with Gasteiger partial charge in [-0.05, 0) is 47.7 Å². The third-order valence-electron chi connectivity index (χ3n) is 4.95. The molecule has 0 saturated heterocycles. The number of H-pyrrole nitrogens is 2. The van der Waals surface area contributed by atoms with E-state index in [1.54, 1.807) is 42.5 Å². The predicted molar refractivity (Wildman–Crippen MR) is 128 cm³/mol. The number of benzene rings is 2. The van der Waals surface area contributed by atoms with Crippen LogP contribution in [0.2, 0.25) is 10.2 Å². The van der Waals surface area contributed by atoms with Gasteiger partial charge in [0.25, 0.3) is 11.8 Å². The molecular formula is C22H14Cl2N8O2. The lowest BCUT2D eigenvalue weighted by Crippen LogP contribution is -2.14. The number of fused-ring (bicyclic) bond motifs is 1. The number of amides is 2. The monoisotopic (exact) mass is 492 g/mol. The number of carbonyl (C=O) groups excluding carboxylic acids is 2. The number of hydrogen-bond acceptors (Lipinski definition) is 6. The summed E-state index contributed by atoms with van der Waals surface area (Å²) >= 11 is 11.9. The van der Waals surface area contributed by atoms with Gasteiger partial charge >= 0.3 is 0 Å². The first-order valence-electron chi connectivity index (χ1n) is 9.87. The van der Waals surface area contributed by atoms with E-state index in [9.17, 15) is 9.59 Å². The van der Waals surface area contributed by atoms with Crippen LogP contribution >= 0.6 is 23.2 Å². The summed E-state index contributed by atoms with van der Waals surface area (Å²) in [6.07, 6.45) is 1.39. The standard InChI is InChI=1S/C22H14Cl2N8O2/c23-13-5-6-15(14(9-13)20-29-31-32-30-20)27-22(34)17-8-11-2-1-3-16(19(11)26-17)28-21(33)12-4-7-18(24)25-10-12/h1-10,26H,(H,27,34)(H,28,33)(H,29,30,31,32). The Bertz CT molecular complexity index is 1510. The summed E-state index contributed by atoms with van der Waals surface area (Å²) in [4.78, 5) is 32.6. The molecule has 12 heteroatoms. The Morgan fingerprint density at radius 2 is 1.76 bits per heavy atom. The lowest BCUT2D eigenvalue weighted by atomic mass is 10.1. The number of anilines is 2. The summed E-state index contributed by atoms with van der Waals surface area (Å²) in [5, 5.41) is 21.0. The second kappa shape index (κ2) is 8.93. The summed E-state index contributed by atoms with van der Waals surface area (Å²) in [5.41, 5.74) is 2.71. The average molecular weight is 493 g/mol. The van der Waals surface area contributed by atoms with Gasteiger partial charge in [0.2, 0.25) is 5.82 Å². The van der Waals surface area contributed by atoms with E-state index in [-0.39, 0.29) is 11.7 Å². The number of aromatic nitrogens is 6. The Hall–Kier alpha value is -4.28. The number of nitrogens with zero attached hydrogens (tertiary/aromatic N) is 4. The van der Waals surface area contributed by atoms with Crippen molar-refractivity contribution in [1.29, 1.82) is 0 Å². The van der Waals surface area contributed by atoms with Crippen LogP contribution in [0.25, 0.3) is 22.3 Å². The number of aromatic amines is 2. The van der Waals surface area contributed by atoms with Gasteiger partial charge < -0.3 is 15.6 Å². The maximum atomic E-state index is 13.0. The molecule has 0 aliphatic rings. The average Bonchev–Trinajstić information content (AvgIpc) is 3.51. The van der Waals surface area contributed by atoms with Crippen molar-refractivity contribution in [2.45, 2.75) is 0 Å². The normalized spacial score (nSPS) is 10.9. The van der Waals surface area contributed by atoms with Gasteiger partial charge in [-0.3, -0.25) is 9.59 Å². The first kappa shape index (κ1) is 21.6. The molecule has 0 bridgehead atoms. The molecule has 0 saturated carbocycles. The molecule has 5 aromatic rings. The summed E-state index contributed by atoms with van der Waals surface area (Å²) in [6.45, 7) is 0. The quantitative estimate of drug-likeness (QED) is 0.265. The van der Waals surface area contributed by atoms with Gasteiger partial charge in [0.1, 0.15) is 10.8 Å². The second-order valence-electron chi connectivity index (χ2n) is 7.16. The molecule has 0 fully saturated rings. The van der Waals surface area contributed by atoms with E-state index < -0.39 is 5.91 Å². The highest BCUT2D eigenvalue weighted by atomic mass is 35.5. The number of rotatable bonds is 5. The molecule has 3 aromatic heterocycles. The molecule has 0 aliphatic heterocycles. The van der Waals surface area contributed by atoms with E-state index in [1.165, 1.54) is 12.3 Å². The predicted octanol–water partition coefficient (Wildman–Crippen LogP) is 4.55. The maximum absolute atomic E-state index is 13.0. The van der Waals surface area contributed by atoms with E-state index in [0.29, 0.717) is 43.9 Å². The Balaban J connectivity index is 1.42. The Morgan fingerprint density at radius 1 is 0.912 bits per heavy atom. The van der Waals surface area contributed by atoms with E-state index in [2.05, 4.69) is 41.2 Å². The van der Waals surface area contributed by atoms with Crippen molar-refractivity contribution >= 4 is 57.3 Å². The van der Waals surface area contributed by atoms with Crippen LogP contribution in [0.5, 0.6) is 0 Å². The molecule has 168 valence electrons. The van der Waals surface area contributed by atoms with Gasteiger partial charge in [0, 0.05) is 22.2 Å². The molecule has 2 amide bonds. The number of tetrazole rings is 1. The molecule has 0 unspecified atom stereocenters. The third-order valence-corrected chi connectivity index (χ3v) is 5.41. The zero-order valence-corrected chi connectivity index (χ0v) is 18.6. The molecule has 0 spiro atoms. The van der Waals surface area contributed by atoms with Gasteiger partial charge in [-0.15, -0.1) is 10.2 Å². The molecule has 4 N–H and O–H groups in total. The molecule has 5 rings (SSSR count). The largest absolute Gasteiger partial charge is 0.349 e. The summed E-state index contributed by atoms with van der Waals surface area (Å²) in [7, 11) is 0. The highest BCUT2D eigenvalue weighted by Gasteiger charge is 2.17. The summed E-state index contributed by atoms with van der Waals surface area (Å²) < 4.78 is 0. The van der Waals surface area contributed by atoms with Crippen LogP contribution in [0, 0.1) is 0 Å². The van der Waals surface area contributed by atoms with Crippen molar-refractivity contribution in [3.05, 3.63) is 82.2 Å². The smallest absolute Gasteiger partial charge is 0.272 e. The minimum Gasteiger partial charge on any atom is -0.349 e. The Kier molecular flexibility index (Phi) is 5.66. The van der Waals surface area contributed by atoms with Crippen molar-refractivity contribution in [3.63, 3.8) is 0 Å². The fraction of sp³-hybridized carbons (Fsp3) is 0. The summed E-state index contributed by atoms with van der Waals surface area (Å²) in [5.74, 6) is -0.471. The SMILES string of the molecule is O=C(Nc1cccc2cc(C(=O)Nc3ccc(Cl)cc3-c3nn[nH]n3)[nH]c12)c1ccc(Cl)nc1. The molecule has 2 aromatic carbocycles. The van der Waals surface area contributed by atoms with Crippen LogP contribution in [-0.4, -0.2) is 42.4 Å². The minimum atomic E-state index is -0.401. The molecule has 0 atom stereocenters. The van der Waals surface area contributed by atoms with Crippen molar-refractivity contribution < 1.29 is 9.59 Å². The van der Waals surface area contributed by atoms with Crippen LogP contribution in [-0.2, 0) is 0 Å². The van der Waals surface area contributed by atoms with Crippen molar-refractivity contribution in [2.75, 3.05) is 10.6 Å². The second-order valence-corrected chi connectivity index (χ2v) is 7.98. The van der Waals surface area contributed by atoms with E-state index in [0.717, 1.165) is 5.39 Å². The van der Waals surface area contributed by atoms with Gasteiger partial charge in [0.15, 0.2) is 0 Å². The van der Waals surface area contributed by atoms with Crippen LogP contribution in [0.15, 0.2) is 60.8 Å². The fourth-order valence-electron chi connectivity index (χ4n) is 3.36. The van der Waals surface area contributed by atoms with E-state index >= 15 is 0 Å². The summed E-state index contributed by atoms with van der Waals surface area (Å²) in [6, 6.07) is 15.1. The number of nitrogens with one attached hydrogen (secondary N) is 4. The van der Waals surface area contributed by atoms with Crippen molar-refractivity contribution in [1.82, 2.24) is 30.6 Å². The first-order valence-corrected chi connectivity index (χ1v) is 10.6. The molecule has 3 heterocycles. The van der Waals surface area contributed by atoms with Gasteiger partial charge in [-0.25, -0.2) is 4.98 Å². The number of para-hydroxylation sites is 1. The fourth-order valence-corrected chi connectivity index (χ4v) is 3.65. The van der Waals surface area contributed by atoms with Crippen LogP contribution in [0.4, 0.5) is 11.4 Å². The number of hydrogen-bond donors (Lipinski definition) is 4. The number of pyridine rings is 1. The number of halogens is 2. The highest BCUT2D eigenvalue weighted by Crippen LogP contribution is 2.29. The minimum absolute atomic E-state index is 0.288. The molecule has 34 heavy (non-hydrogen) atoms. The van der Waals surface area contributed by atoms with Crippen LogP contribution in [0.3, 0.4) is 0 Å². The maximum Gasteiger partial charge on any atom is 0.272 e. The first-order chi connectivity index (χ1) is 16.5. The van der Waals surface area contributed by atoms with Gasteiger partial charge in [-0.2, -0.15) is 5.21 Å². The molecule has 0 aliphatic carbocycles. The van der Waals surface area contributed by atoms with E-state index in [1.807, 2.05) is 6.07 Å². The Labute approximate surface area is 201 Å². The van der Waals surface area contributed by atoms with E-state index in [4.69, 9.17) is 23.2 Å². The topological polar surface area (TPSA) is 141 Å².